The summed E-state index contributed by atoms with van der Waals surface area (Å²) in [5.74, 6) is 1.31. The van der Waals surface area contributed by atoms with Gasteiger partial charge < -0.3 is 4.42 Å². The third-order valence-electron chi connectivity index (χ3n) is 2.80. The first kappa shape index (κ1) is 13.5. The number of nitrogens with zero attached hydrogens (tertiary/aromatic N) is 1. The molecule has 19 heavy (non-hydrogen) atoms. The van der Waals surface area contributed by atoms with Gasteiger partial charge in [-0.3, -0.25) is 9.69 Å². The van der Waals surface area contributed by atoms with Gasteiger partial charge in [0.2, 0.25) is 0 Å². The molecule has 0 radical (unpaired) electrons. The second-order valence-corrected chi connectivity index (χ2v) is 4.61. The van der Waals surface area contributed by atoms with Crippen LogP contribution in [0.15, 0.2) is 40.8 Å². The van der Waals surface area contributed by atoms with Crippen molar-refractivity contribution in [3.8, 4) is 0 Å². The van der Waals surface area contributed by atoms with Crippen molar-refractivity contribution in [2.45, 2.75) is 13.5 Å². The molecule has 0 saturated heterocycles. The zero-order valence-corrected chi connectivity index (χ0v) is 11.0. The summed E-state index contributed by atoms with van der Waals surface area (Å²) >= 11 is 0. The lowest BCUT2D eigenvalue weighted by molar-refractivity contribution is 0.0939. The molecule has 3 nitrogen and oxygen atoms in total. The number of carbonyl (C=O) groups excluding carboxylic acids is 1. The highest BCUT2D eigenvalue weighted by Crippen LogP contribution is 2.10. The van der Waals surface area contributed by atoms with E-state index >= 15 is 0 Å². The van der Waals surface area contributed by atoms with Crippen LogP contribution >= 0.6 is 0 Å². The predicted molar refractivity (Wildman–Crippen MR) is 70.5 cm³/mol. The number of hydrogen-bond donors (Lipinski definition) is 0. The van der Waals surface area contributed by atoms with Gasteiger partial charge in [0.15, 0.2) is 5.78 Å². The van der Waals surface area contributed by atoms with Crippen LogP contribution in [0, 0.1) is 12.7 Å². The number of benzene rings is 1. The summed E-state index contributed by atoms with van der Waals surface area (Å²) in [5.41, 5.74) is 0.517. The third-order valence-corrected chi connectivity index (χ3v) is 2.80. The van der Waals surface area contributed by atoms with E-state index in [0.29, 0.717) is 12.1 Å². The Bertz CT molecular complexity index is 560. The van der Waals surface area contributed by atoms with Crippen molar-refractivity contribution in [1.29, 1.82) is 0 Å². The van der Waals surface area contributed by atoms with Crippen molar-refractivity contribution in [1.82, 2.24) is 4.90 Å². The number of carbonyl (C=O) groups is 1. The molecule has 0 atom stereocenters. The van der Waals surface area contributed by atoms with Crippen LogP contribution in [0.25, 0.3) is 0 Å². The average Bonchev–Trinajstić information content (AvgIpc) is 2.75. The molecule has 1 aromatic heterocycles. The van der Waals surface area contributed by atoms with Crippen molar-refractivity contribution in [2.24, 2.45) is 0 Å². The molecule has 4 heteroatoms. The van der Waals surface area contributed by atoms with Gasteiger partial charge in [0, 0.05) is 5.56 Å². The van der Waals surface area contributed by atoms with Crippen molar-refractivity contribution in [3.05, 3.63) is 59.3 Å². The maximum absolute atomic E-state index is 12.8. The number of aryl methyl sites for hydroxylation is 1. The molecule has 0 saturated carbocycles. The second-order valence-electron chi connectivity index (χ2n) is 4.61. The molecular formula is C15H16FNO2. The van der Waals surface area contributed by atoms with Crippen LogP contribution in [-0.4, -0.2) is 24.3 Å². The van der Waals surface area contributed by atoms with Crippen LogP contribution in [0.4, 0.5) is 4.39 Å². The molecule has 2 rings (SSSR count). The van der Waals surface area contributed by atoms with Crippen LogP contribution in [0.5, 0.6) is 0 Å². The van der Waals surface area contributed by atoms with Gasteiger partial charge in [0.05, 0.1) is 13.1 Å². The molecule has 0 bridgehead atoms. The maximum Gasteiger partial charge on any atom is 0.176 e. The number of hydrogen-bond acceptors (Lipinski definition) is 3. The van der Waals surface area contributed by atoms with Crippen LogP contribution in [0.3, 0.4) is 0 Å². The van der Waals surface area contributed by atoms with Gasteiger partial charge >= 0.3 is 0 Å². The Balaban J connectivity index is 1.93. The van der Waals surface area contributed by atoms with E-state index in [4.69, 9.17) is 4.42 Å². The first-order valence-electron chi connectivity index (χ1n) is 6.07. The Morgan fingerprint density at radius 2 is 1.89 bits per heavy atom. The van der Waals surface area contributed by atoms with E-state index < -0.39 is 0 Å². The molecule has 0 aliphatic rings. The number of halogens is 1. The van der Waals surface area contributed by atoms with Crippen LogP contribution in [-0.2, 0) is 6.54 Å². The van der Waals surface area contributed by atoms with Gasteiger partial charge in [-0.15, -0.1) is 0 Å². The fraction of sp³-hybridized carbons (Fsp3) is 0.267. The molecule has 0 unspecified atom stereocenters. The molecule has 0 spiro atoms. The summed E-state index contributed by atoms with van der Waals surface area (Å²) < 4.78 is 18.2. The zero-order chi connectivity index (χ0) is 13.8. The number of rotatable bonds is 5. The Morgan fingerprint density at radius 3 is 2.47 bits per heavy atom. The van der Waals surface area contributed by atoms with E-state index in [1.807, 2.05) is 31.0 Å². The molecule has 1 heterocycles. The SMILES string of the molecule is Cc1ccc(CN(C)CC(=O)c2ccc(F)cc2)o1. The Morgan fingerprint density at radius 1 is 1.21 bits per heavy atom. The summed E-state index contributed by atoms with van der Waals surface area (Å²) in [4.78, 5) is 13.8. The van der Waals surface area contributed by atoms with Crippen LogP contribution < -0.4 is 0 Å². The van der Waals surface area contributed by atoms with E-state index in [9.17, 15) is 9.18 Å². The lowest BCUT2D eigenvalue weighted by Crippen LogP contribution is -2.25. The highest BCUT2D eigenvalue weighted by molar-refractivity contribution is 5.97. The molecule has 100 valence electrons. The minimum atomic E-state index is -0.337. The largest absolute Gasteiger partial charge is 0.465 e. The Labute approximate surface area is 111 Å². The standard InChI is InChI=1S/C15H16FNO2/c1-11-3-8-14(19-11)9-17(2)10-15(18)12-4-6-13(16)7-5-12/h3-8H,9-10H2,1-2H3. The van der Waals surface area contributed by atoms with Gasteiger partial charge in [0.1, 0.15) is 17.3 Å². The lowest BCUT2D eigenvalue weighted by atomic mass is 10.1. The van der Waals surface area contributed by atoms with E-state index in [2.05, 4.69) is 0 Å². The van der Waals surface area contributed by atoms with Crippen molar-refractivity contribution in [2.75, 3.05) is 13.6 Å². The smallest absolute Gasteiger partial charge is 0.176 e. The van der Waals surface area contributed by atoms with Gasteiger partial charge in [0.25, 0.3) is 0 Å². The minimum Gasteiger partial charge on any atom is -0.465 e. The average molecular weight is 261 g/mol. The third kappa shape index (κ3) is 3.76. The quantitative estimate of drug-likeness (QED) is 0.776. The fourth-order valence-electron chi connectivity index (χ4n) is 1.86. The fourth-order valence-corrected chi connectivity index (χ4v) is 1.86. The van der Waals surface area contributed by atoms with E-state index in [1.165, 1.54) is 24.3 Å². The molecule has 0 N–H and O–H groups in total. The number of ketones is 1. The number of likely N-dealkylation sites (N-methyl/N-ethyl adjacent to an activating group) is 1. The Kier molecular flexibility index (Phi) is 4.12. The van der Waals surface area contributed by atoms with E-state index in [-0.39, 0.29) is 18.1 Å². The molecular weight excluding hydrogens is 245 g/mol. The van der Waals surface area contributed by atoms with Gasteiger partial charge in [-0.1, -0.05) is 0 Å². The highest BCUT2D eigenvalue weighted by Gasteiger charge is 2.11. The number of Topliss-reactive ketones (excluding diaryl/α,β-unsaturated/α-hetero) is 1. The van der Waals surface area contributed by atoms with E-state index in [1.54, 1.807) is 0 Å². The van der Waals surface area contributed by atoms with Crippen LogP contribution in [0.2, 0.25) is 0 Å². The second kappa shape index (κ2) is 5.80. The van der Waals surface area contributed by atoms with Gasteiger partial charge in [-0.2, -0.15) is 0 Å². The molecule has 0 fully saturated rings. The first-order valence-corrected chi connectivity index (χ1v) is 6.07. The molecule has 2 aromatic rings. The van der Waals surface area contributed by atoms with Crippen LogP contribution in [0.1, 0.15) is 21.9 Å². The topological polar surface area (TPSA) is 33.5 Å². The highest BCUT2D eigenvalue weighted by atomic mass is 19.1. The molecule has 1 aromatic carbocycles. The summed E-state index contributed by atoms with van der Waals surface area (Å²) in [6.07, 6.45) is 0. The molecule has 0 aliphatic heterocycles. The van der Waals surface area contributed by atoms with Crippen molar-refractivity contribution < 1.29 is 13.6 Å². The monoisotopic (exact) mass is 261 g/mol. The molecule has 0 amide bonds. The summed E-state index contributed by atoms with van der Waals surface area (Å²) in [7, 11) is 1.85. The van der Waals surface area contributed by atoms with E-state index in [0.717, 1.165) is 11.5 Å². The Hall–Kier alpha value is -1.94. The predicted octanol–water partition coefficient (Wildman–Crippen LogP) is 3.04. The first-order chi connectivity index (χ1) is 9.04. The summed E-state index contributed by atoms with van der Waals surface area (Å²) in [6, 6.07) is 9.39. The zero-order valence-electron chi connectivity index (χ0n) is 11.0. The van der Waals surface area contributed by atoms with Gasteiger partial charge in [-0.25, -0.2) is 4.39 Å². The summed E-state index contributed by atoms with van der Waals surface area (Å²) in [5, 5.41) is 0. The van der Waals surface area contributed by atoms with Crippen molar-refractivity contribution in [3.63, 3.8) is 0 Å². The normalized spacial score (nSPS) is 10.9. The van der Waals surface area contributed by atoms with Crippen molar-refractivity contribution >= 4 is 5.78 Å². The van der Waals surface area contributed by atoms with Gasteiger partial charge in [-0.05, 0) is 50.4 Å². The summed E-state index contributed by atoms with van der Waals surface area (Å²) in [6.45, 7) is 2.72. The molecule has 0 aliphatic carbocycles. The minimum absolute atomic E-state index is 0.0363. The number of furan rings is 1. The maximum atomic E-state index is 12.8. The lowest BCUT2D eigenvalue weighted by Gasteiger charge is -2.14.